The second kappa shape index (κ2) is 8.67. The number of hydrogen-bond donors (Lipinski definition) is 0. The third-order valence-corrected chi connectivity index (χ3v) is 5.16. The van der Waals surface area contributed by atoms with Gasteiger partial charge in [0.15, 0.2) is 0 Å². The first-order chi connectivity index (χ1) is 13.3. The van der Waals surface area contributed by atoms with Crippen LogP contribution in [-0.4, -0.2) is 72.3 Å². The predicted octanol–water partition coefficient (Wildman–Crippen LogP) is 3.31. The normalized spacial score (nSPS) is 26.7. The molecule has 1 saturated heterocycles. The Kier molecular flexibility index (Phi) is 6.47. The number of carbonyl (C=O) groups excluding carboxylic acids is 1. The summed E-state index contributed by atoms with van der Waals surface area (Å²) in [6.45, 7) is 2.58. The second-order valence-electron chi connectivity index (χ2n) is 6.43. The Hall–Kier alpha value is -1.84. The maximum absolute atomic E-state index is 14.1. The predicted molar refractivity (Wildman–Crippen MR) is 97.2 cm³/mol. The summed E-state index contributed by atoms with van der Waals surface area (Å²) in [5.74, 6) is -2.04. The van der Waals surface area contributed by atoms with E-state index in [1.807, 2.05) is 0 Å². The van der Waals surface area contributed by atoms with Gasteiger partial charge >= 0.3 is 12.3 Å². The van der Waals surface area contributed by atoms with Crippen molar-refractivity contribution in [1.29, 1.82) is 0 Å². The van der Waals surface area contributed by atoms with Gasteiger partial charge in [0.1, 0.15) is 12.1 Å². The lowest BCUT2D eigenvalue weighted by Crippen LogP contribution is -2.64. The van der Waals surface area contributed by atoms with Crippen LogP contribution in [0, 0.1) is 5.92 Å². The van der Waals surface area contributed by atoms with E-state index < -0.39 is 29.7 Å². The first kappa shape index (κ1) is 20.9. The summed E-state index contributed by atoms with van der Waals surface area (Å²) in [4.78, 5) is 14.1. The van der Waals surface area contributed by atoms with E-state index in [0.717, 1.165) is 5.01 Å². The average molecular weight is 420 g/mol. The number of rotatable bonds is 3. The van der Waals surface area contributed by atoms with Crippen LogP contribution >= 0.6 is 11.6 Å². The molecular weight excluding hydrogens is 399 g/mol. The largest absolute Gasteiger partial charge is 0.448 e. The van der Waals surface area contributed by atoms with Crippen LogP contribution in [0.15, 0.2) is 35.4 Å². The monoisotopic (exact) mass is 419 g/mol. The molecule has 28 heavy (non-hydrogen) atoms. The molecule has 0 unspecified atom stereocenters. The SMILES string of the molecule is CCOC(=O)N1N=C(c2ccccc2)[C@H](Cl)[C@@H](C(F)(F)F)[C@@H]1N1CCOCC1. The van der Waals surface area contributed by atoms with Gasteiger partial charge in [0.05, 0.1) is 30.9 Å². The number of morpholine rings is 1. The van der Waals surface area contributed by atoms with Crippen molar-refractivity contribution in [2.24, 2.45) is 11.0 Å². The molecular formula is C18H21ClF3N3O3. The summed E-state index contributed by atoms with van der Waals surface area (Å²) < 4.78 is 52.6. The summed E-state index contributed by atoms with van der Waals surface area (Å²) >= 11 is 6.34. The van der Waals surface area contributed by atoms with Gasteiger partial charge in [0.2, 0.25) is 0 Å². The fourth-order valence-electron chi connectivity index (χ4n) is 3.43. The van der Waals surface area contributed by atoms with Crippen LogP contribution in [0.25, 0.3) is 0 Å². The molecule has 6 nitrogen and oxygen atoms in total. The highest BCUT2D eigenvalue weighted by molar-refractivity contribution is 6.35. The minimum atomic E-state index is -4.66. The van der Waals surface area contributed by atoms with Crippen LogP contribution in [0.5, 0.6) is 0 Å². The van der Waals surface area contributed by atoms with E-state index in [9.17, 15) is 18.0 Å². The first-order valence-electron chi connectivity index (χ1n) is 8.97. The molecule has 10 heteroatoms. The van der Waals surface area contributed by atoms with E-state index >= 15 is 0 Å². The maximum atomic E-state index is 14.1. The van der Waals surface area contributed by atoms with Gasteiger partial charge < -0.3 is 9.47 Å². The lowest BCUT2D eigenvalue weighted by molar-refractivity contribution is -0.211. The third-order valence-electron chi connectivity index (χ3n) is 4.69. The number of alkyl halides is 4. The van der Waals surface area contributed by atoms with Crippen LogP contribution in [-0.2, 0) is 9.47 Å². The van der Waals surface area contributed by atoms with Gasteiger partial charge in [-0.25, -0.2) is 4.79 Å². The molecule has 2 aliphatic heterocycles. The molecule has 1 aromatic rings. The number of carbonyl (C=O) groups is 1. The number of nitrogens with zero attached hydrogens (tertiary/aromatic N) is 3. The minimum absolute atomic E-state index is 0.0119. The molecule has 0 aromatic heterocycles. The highest BCUT2D eigenvalue weighted by Crippen LogP contribution is 2.42. The molecule has 1 amide bonds. The molecule has 0 radical (unpaired) electrons. The molecule has 2 aliphatic rings. The van der Waals surface area contributed by atoms with Crippen molar-refractivity contribution >= 4 is 23.4 Å². The Morgan fingerprint density at radius 1 is 1.29 bits per heavy atom. The molecule has 0 aliphatic carbocycles. The molecule has 3 atom stereocenters. The van der Waals surface area contributed by atoms with Crippen LogP contribution in [0.3, 0.4) is 0 Å². The van der Waals surface area contributed by atoms with Crippen LogP contribution in [0.2, 0.25) is 0 Å². The van der Waals surface area contributed by atoms with E-state index in [-0.39, 0.29) is 38.6 Å². The number of ether oxygens (including phenoxy) is 2. The standard InChI is InChI=1S/C18H21ClF3N3O3/c1-2-28-17(26)25-16(24-8-10-27-11-9-24)13(18(20,21)22)14(19)15(23-25)12-6-4-3-5-7-12/h3-7,13-14,16H,2,8-11H2,1H3/t13-,14-,16-/m1/s1. The lowest BCUT2D eigenvalue weighted by atomic mass is 9.90. The number of benzene rings is 1. The van der Waals surface area contributed by atoms with Gasteiger partial charge in [-0.15, -0.1) is 11.6 Å². The molecule has 1 fully saturated rings. The average Bonchev–Trinajstić information content (AvgIpc) is 2.68. The van der Waals surface area contributed by atoms with Gasteiger partial charge in [0.25, 0.3) is 0 Å². The summed E-state index contributed by atoms with van der Waals surface area (Å²) in [5.41, 5.74) is 0.411. The summed E-state index contributed by atoms with van der Waals surface area (Å²) in [6, 6.07) is 8.30. The Bertz CT molecular complexity index is 711. The molecule has 0 bridgehead atoms. The summed E-state index contributed by atoms with van der Waals surface area (Å²) in [7, 11) is 0. The minimum Gasteiger partial charge on any atom is -0.448 e. The Morgan fingerprint density at radius 3 is 2.50 bits per heavy atom. The van der Waals surface area contributed by atoms with Crippen molar-refractivity contribution in [2.75, 3.05) is 32.9 Å². The number of hydrazone groups is 1. The zero-order chi connectivity index (χ0) is 20.3. The highest BCUT2D eigenvalue weighted by atomic mass is 35.5. The van der Waals surface area contributed by atoms with Gasteiger partial charge in [-0.1, -0.05) is 30.3 Å². The summed E-state index contributed by atoms with van der Waals surface area (Å²) in [5, 5.41) is 3.56. The Labute approximate surface area is 165 Å². The van der Waals surface area contributed by atoms with E-state index in [1.54, 1.807) is 37.3 Å². The Balaban J connectivity index is 2.10. The van der Waals surface area contributed by atoms with Crippen molar-refractivity contribution in [2.45, 2.75) is 24.6 Å². The molecule has 3 rings (SSSR count). The first-order valence-corrected chi connectivity index (χ1v) is 9.40. The van der Waals surface area contributed by atoms with Crippen molar-refractivity contribution in [3.63, 3.8) is 0 Å². The number of halogens is 4. The topological polar surface area (TPSA) is 54.4 Å². The molecule has 154 valence electrons. The van der Waals surface area contributed by atoms with Crippen molar-refractivity contribution in [1.82, 2.24) is 9.91 Å². The van der Waals surface area contributed by atoms with E-state index in [4.69, 9.17) is 21.1 Å². The molecule has 1 aromatic carbocycles. The fourth-order valence-corrected chi connectivity index (χ4v) is 3.87. The zero-order valence-corrected chi connectivity index (χ0v) is 16.0. The van der Waals surface area contributed by atoms with Crippen molar-refractivity contribution in [3.8, 4) is 0 Å². The lowest BCUT2D eigenvalue weighted by Gasteiger charge is -2.46. The smallest absolute Gasteiger partial charge is 0.431 e. The highest BCUT2D eigenvalue weighted by Gasteiger charge is 2.57. The van der Waals surface area contributed by atoms with Crippen LogP contribution in [0.4, 0.5) is 18.0 Å². The molecule has 0 saturated carbocycles. The number of amides is 1. The second-order valence-corrected chi connectivity index (χ2v) is 6.90. The zero-order valence-electron chi connectivity index (χ0n) is 15.2. The third kappa shape index (κ3) is 4.26. The van der Waals surface area contributed by atoms with Gasteiger partial charge in [0, 0.05) is 13.1 Å². The number of hydrogen-bond acceptors (Lipinski definition) is 5. The van der Waals surface area contributed by atoms with E-state index in [1.165, 1.54) is 4.90 Å². The van der Waals surface area contributed by atoms with Gasteiger partial charge in [-0.2, -0.15) is 23.3 Å². The van der Waals surface area contributed by atoms with Crippen molar-refractivity contribution < 1.29 is 27.4 Å². The molecule has 0 spiro atoms. The van der Waals surface area contributed by atoms with Crippen molar-refractivity contribution in [3.05, 3.63) is 35.9 Å². The molecule has 2 heterocycles. The fraction of sp³-hybridized carbons (Fsp3) is 0.556. The summed E-state index contributed by atoms with van der Waals surface area (Å²) in [6.07, 6.45) is -7.00. The van der Waals surface area contributed by atoms with E-state index in [0.29, 0.717) is 5.56 Å². The van der Waals surface area contributed by atoms with Crippen LogP contribution in [0.1, 0.15) is 12.5 Å². The van der Waals surface area contributed by atoms with Gasteiger partial charge in [-0.3, -0.25) is 4.90 Å². The quantitative estimate of drug-likeness (QED) is 0.705. The maximum Gasteiger partial charge on any atom is 0.431 e. The van der Waals surface area contributed by atoms with Gasteiger partial charge in [-0.05, 0) is 12.5 Å². The van der Waals surface area contributed by atoms with E-state index in [2.05, 4.69) is 5.10 Å². The Morgan fingerprint density at radius 2 is 1.93 bits per heavy atom. The molecule has 0 N–H and O–H groups in total. The van der Waals surface area contributed by atoms with Crippen LogP contribution < -0.4 is 0 Å².